The molecule has 0 heterocycles. The fourth-order valence-corrected chi connectivity index (χ4v) is 2.97. The molecule has 2 aliphatic rings. The lowest BCUT2D eigenvalue weighted by molar-refractivity contribution is -0.120. The van der Waals surface area contributed by atoms with E-state index in [2.05, 4.69) is 26.0 Å². The van der Waals surface area contributed by atoms with Crippen molar-refractivity contribution in [2.75, 3.05) is 0 Å². The van der Waals surface area contributed by atoms with E-state index in [0.717, 1.165) is 12.8 Å². The van der Waals surface area contributed by atoms with Crippen molar-refractivity contribution in [2.45, 2.75) is 52.4 Å². The molecule has 88 valence electrons. The van der Waals surface area contributed by atoms with Crippen molar-refractivity contribution in [3.8, 4) is 0 Å². The molecule has 2 unspecified atom stereocenters. The first-order valence-corrected chi connectivity index (χ1v) is 6.52. The Bertz CT molecular complexity index is 303. The summed E-state index contributed by atoms with van der Waals surface area (Å²) in [6.45, 7) is 4.34. The number of allylic oxidation sites excluding steroid dienone is 4. The molecule has 0 spiro atoms. The van der Waals surface area contributed by atoms with Crippen molar-refractivity contribution < 1.29 is 4.79 Å². The zero-order chi connectivity index (χ0) is 11.5. The van der Waals surface area contributed by atoms with Crippen LogP contribution in [0.5, 0.6) is 0 Å². The lowest BCUT2D eigenvalue weighted by Crippen LogP contribution is -2.11. The van der Waals surface area contributed by atoms with Crippen molar-refractivity contribution >= 4 is 5.78 Å². The van der Waals surface area contributed by atoms with Crippen LogP contribution in [0.25, 0.3) is 0 Å². The third kappa shape index (κ3) is 2.63. The molecular formula is C15H22O. The van der Waals surface area contributed by atoms with E-state index in [1.165, 1.54) is 36.8 Å². The van der Waals surface area contributed by atoms with Gasteiger partial charge < -0.3 is 0 Å². The first-order chi connectivity index (χ1) is 7.66. The molecule has 0 aromatic rings. The van der Waals surface area contributed by atoms with Gasteiger partial charge in [0.05, 0.1) is 0 Å². The van der Waals surface area contributed by atoms with Crippen LogP contribution in [0.15, 0.2) is 23.3 Å². The average molecular weight is 218 g/mol. The van der Waals surface area contributed by atoms with Gasteiger partial charge in [-0.3, -0.25) is 4.79 Å². The van der Waals surface area contributed by atoms with Crippen LogP contribution in [0.4, 0.5) is 0 Å². The Balaban J connectivity index is 1.80. The van der Waals surface area contributed by atoms with Gasteiger partial charge in [-0.15, -0.1) is 0 Å². The number of hydrogen-bond acceptors (Lipinski definition) is 1. The summed E-state index contributed by atoms with van der Waals surface area (Å²) < 4.78 is 0. The molecule has 1 heteroatoms. The number of carbonyl (C=O) groups is 1. The molecule has 0 amide bonds. The van der Waals surface area contributed by atoms with E-state index in [4.69, 9.17) is 0 Å². The highest BCUT2D eigenvalue weighted by atomic mass is 16.1. The van der Waals surface area contributed by atoms with E-state index in [0.29, 0.717) is 17.6 Å². The summed E-state index contributed by atoms with van der Waals surface area (Å²) in [6, 6.07) is 0. The van der Waals surface area contributed by atoms with Gasteiger partial charge >= 0.3 is 0 Å². The van der Waals surface area contributed by atoms with Crippen molar-refractivity contribution in [3.05, 3.63) is 23.3 Å². The summed E-state index contributed by atoms with van der Waals surface area (Å²) in [7, 11) is 0. The van der Waals surface area contributed by atoms with Crippen LogP contribution in [0.3, 0.4) is 0 Å². The first-order valence-electron chi connectivity index (χ1n) is 6.52. The molecule has 0 N–H and O–H groups in total. The van der Waals surface area contributed by atoms with Gasteiger partial charge in [0.15, 0.2) is 0 Å². The molecule has 2 atom stereocenters. The monoisotopic (exact) mass is 218 g/mol. The maximum absolute atomic E-state index is 12.0. The Kier molecular flexibility index (Phi) is 3.63. The summed E-state index contributed by atoms with van der Waals surface area (Å²) in [6.07, 6.45) is 10.9. The van der Waals surface area contributed by atoms with Crippen molar-refractivity contribution in [1.82, 2.24) is 0 Å². The van der Waals surface area contributed by atoms with Gasteiger partial charge in [-0.05, 0) is 51.4 Å². The fraction of sp³-hybridized carbons (Fsp3) is 0.667. The van der Waals surface area contributed by atoms with Crippen LogP contribution in [0.1, 0.15) is 52.4 Å². The molecule has 2 aliphatic carbocycles. The van der Waals surface area contributed by atoms with Crippen molar-refractivity contribution in [2.24, 2.45) is 11.8 Å². The molecule has 0 saturated heterocycles. The number of ketones is 1. The number of Topliss-reactive ketones (excluding diaryl/α,β-unsaturated/α-hetero) is 1. The molecule has 2 rings (SSSR count). The van der Waals surface area contributed by atoms with Crippen molar-refractivity contribution in [3.63, 3.8) is 0 Å². The highest BCUT2D eigenvalue weighted by molar-refractivity contribution is 5.79. The molecule has 0 fully saturated rings. The van der Waals surface area contributed by atoms with E-state index >= 15 is 0 Å². The van der Waals surface area contributed by atoms with E-state index in [-0.39, 0.29) is 0 Å². The highest BCUT2D eigenvalue weighted by Crippen LogP contribution is 2.32. The SMILES string of the molecule is CC1=CCCC1CC(=O)CC1CCC=C1C. The van der Waals surface area contributed by atoms with E-state index in [9.17, 15) is 4.79 Å². The molecule has 0 aromatic carbocycles. The van der Waals surface area contributed by atoms with Gasteiger partial charge in [0, 0.05) is 12.8 Å². The molecular weight excluding hydrogens is 196 g/mol. The molecule has 0 bridgehead atoms. The molecule has 1 nitrogen and oxygen atoms in total. The highest BCUT2D eigenvalue weighted by Gasteiger charge is 2.23. The lowest BCUT2D eigenvalue weighted by Gasteiger charge is -2.14. The summed E-state index contributed by atoms with van der Waals surface area (Å²) in [4.78, 5) is 12.0. The Morgan fingerprint density at radius 1 is 1.06 bits per heavy atom. The van der Waals surface area contributed by atoms with Crippen LogP contribution in [-0.2, 0) is 4.79 Å². The third-order valence-electron chi connectivity index (χ3n) is 4.20. The Labute approximate surface area is 98.6 Å². The molecule has 0 aromatic heterocycles. The smallest absolute Gasteiger partial charge is 0.134 e. The third-order valence-corrected chi connectivity index (χ3v) is 4.20. The van der Waals surface area contributed by atoms with E-state index < -0.39 is 0 Å². The standard InChI is InChI=1S/C15H22O/c1-11-5-3-7-13(11)9-15(16)10-14-8-4-6-12(14)2/h5-6,13-14H,3-4,7-10H2,1-2H3. The van der Waals surface area contributed by atoms with Gasteiger partial charge in [-0.2, -0.15) is 0 Å². The Morgan fingerprint density at radius 3 is 1.81 bits per heavy atom. The minimum Gasteiger partial charge on any atom is -0.300 e. The quantitative estimate of drug-likeness (QED) is 0.651. The molecule has 16 heavy (non-hydrogen) atoms. The minimum absolute atomic E-state index is 0.472. The van der Waals surface area contributed by atoms with Crippen molar-refractivity contribution in [1.29, 1.82) is 0 Å². The lowest BCUT2D eigenvalue weighted by atomic mass is 9.90. The largest absolute Gasteiger partial charge is 0.300 e. The second kappa shape index (κ2) is 4.99. The predicted octanol–water partition coefficient (Wildman–Crippen LogP) is 4.05. The van der Waals surface area contributed by atoms with Crippen LogP contribution in [0, 0.1) is 11.8 Å². The fourth-order valence-electron chi connectivity index (χ4n) is 2.97. The first kappa shape index (κ1) is 11.6. The topological polar surface area (TPSA) is 17.1 Å². The van der Waals surface area contributed by atoms with Gasteiger partial charge in [0.1, 0.15) is 5.78 Å². The maximum Gasteiger partial charge on any atom is 0.134 e. The van der Waals surface area contributed by atoms with Gasteiger partial charge in [0.25, 0.3) is 0 Å². The van der Waals surface area contributed by atoms with Crippen LogP contribution in [0.2, 0.25) is 0 Å². The van der Waals surface area contributed by atoms with E-state index in [1.54, 1.807) is 0 Å². The molecule has 0 saturated carbocycles. The zero-order valence-electron chi connectivity index (χ0n) is 10.5. The summed E-state index contributed by atoms with van der Waals surface area (Å²) in [5.41, 5.74) is 2.87. The molecule has 0 radical (unpaired) electrons. The zero-order valence-corrected chi connectivity index (χ0v) is 10.5. The minimum atomic E-state index is 0.472. The van der Waals surface area contributed by atoms with Gasteiger partial charge in [-0.1, -0.05) is 23.3 Å². The molecule has 0 aliphatic heterocycles. The maximum atomic E-state index is 12.0. The van der Waals surface area contributed by atoms with Crippen LogP contribution >= 0.6 is 0 Å². The second-order valence-corrected chi connectivity index (χ2v) is 5.39. The van der Waals surface area contributed by atoms with Gasteiger partial charge in [-0.25, -0.2) is 0 Å². The summed E-state index contributed by atoms with van der Waals surface area (Å²) in [5.74, 6) is 1.58. The predicted molar refractivity (Wildman–Crippen MR) is 67.2 cm³/mol. The number of carbonyl (C=O) groups excluding carboxylic acids is 1. The normalized spacial score (nSPS) is 29.1. The Hall–Kier alpha value is -0.850. The second-order valence-electron chi connectivity index (χ2n) is 5.39. The van der Waals surface area contributed by atoms with E-state index in [1.807, 2.05) is 0 Å². The Morgan fingerprint density at radius 2 is 1.50 bits per heavy atom. The number of rotatable bonds is 4. The summed E-state index contributed by atoms with van der Waals surface area (Å²) >= 11 is 0. The van der Waals surface area contributed by atoms with Crippen LogP contribution in [-0.4, -0.2) is 5.78 Å². The summed E-state index contributed by atoms with van der Waals surface area (Å²) in [5, 5.41) is 0. The number of hydrogen-bond donors (Lipinski definition) is 0. The van der Waals surface area contributed by atoms with Gasteiger partial charge in [0.2, 0.25) is 0 Å². The average Bonchev–Trinajstić information content (AvgIpc) is 2.79. The van der Waals surface area contributed by atoms with Crippen LogP contribution < -0.4 is 0 Å².